The third-order valence-corrected chi connectivity index (χ3v) is 2.85. The second kappa shape index (κ2) is 5.65. The maximum absolute atomic E-state index is 5.93. The third kappa shape index (κ3) is 3.08. The van der Waals surface area contributed by atoms with Crippen LogP contribution in [0.3, 0.4) is 0 Å². The van der Waals surface area contributed by atoms with Gasteiger partial charge >= 0.3 is 0 Å². The molecule has 0 aliphatic rings. The quantitative estimate of drug-likeness (QED) is 0.829. The van der Waals surface area contributed by atoms with Crippen LogP contribution in [0, 0.1) is 0 Å². The summed E-state index contributed by atoms with van der Waals surface area (Å²) in [5.41, 5.74) is 8.53. The first kappa shape index (κ1) is 12.6. The van der Waals surface area contributed by atoms with Crippen LogP contribution in [0.5, 0.6) is 5.75 Å². The van der Waals surface area contributed by atoms with Gasteiger partial charge in [0, 0.05) is 17.3 Å². The van der Waals surface area contributed by atoms with E-state index < -0.39 is 0 Å². The number of hydrogen-bond acceptors (Lipinski definition) is 3. The number of nitrogen functional groups attached to an aromatic ring is 1. The van der Waals surface area contributed by atoms with E-state index in [4.69, 9.17) is 22.1 Å². The number of ether oxygens (including phenoxy) is 1. The molecule has 3 N–H and O–H groups in total. The molecule has 0 aromatic heterocycles. The number of nitrogens with one attached hydrogen (secondary N) is 1. The molecule has 0 unspecified atom stereocenters. The van der Waals surface area contributed by atoms with Gasteiger partial charge in [-0.15, -0.1) is 0 Å². The molecule has 2 rings (SSSR count). The molecule has 0 atom stereocenters. The standard InChI is InChI=1S/C14H15ClN2O/c1-18-14-6-5-12(8-13(14)16)17-9-10-3-2-4-11(15)7-10/h2-8,17H,9,16H2,1H3. The summed E-state index contributed by atoms with van der Waals surface area (Å²) in [7, 11) is 1.60. The third-order valence-electron chi connectivity index (χ3n) is 2.62. The highest BCUT2D eigenvalue weighted by Gasteiger charge is 2.00. The van der Waals surface area contributed by atoms with Gasteiger partial charge in [-0.05, 0) is 35.9 Å². The number of anilines is 2. The minimum Gasteiger partial charge on any atom is -0.495 e. The Morgan fingerprint density at radius 3 is 2.72 bits per heavy atom. The molecule has 94 valence electrons. The van der Waals surface area contributed by atoms with Crippen LogP contribution in [-0.4, -0.2) is 7.11 Å². The molecular formula is C14H15ClN2O. The van der Waals surface area contributed by atoms with Crippen LogP contribution >= 0.6 is 11.6 Å². The smallest absolute Gasteiger partial charge is 0.141 e. The van der Waals surface area contributed by atoms with Gasteiger partial charge in [0.15, 0.2) is 0 Å². The second-order valence-electron chi connectivity index (χ2n) is 3.94. The van der Waals surface area contributed by atoms with Crippen molar-refractivity contribution in [3.05, 3.63) is 53.1 Å². The molecule has 4 heteroatoms. The van der Waals surface area contributed by atoms with Crippen LogP contribution in [0.1, 0.15) is 5.56 Å². The summed E-state index contributed by atoms with van der Waals surface area (Å²) in [6, 6.07) is 13.4. The lowest BCUT2D eigenvalue weighted by atomic mass is 10.2. The summed E-state index contributed by atoms with van der Waals surface area (Å²) < 4.78 is 5.11. The monoisotopic (exact) mass is 262 g/mol. The fraction of sp³-hybridized carbons (Fsp3) is 0.143. The van der Waals surface area contributed by atoms with Crippen molar-refractivity contribution in [3.63, 3.8) is 0 Å². The van der Waals surface area contributed by atoms with E-state index in [1.54, 1.807) is 7.11 Å². The van der Waals surface area contributed by atoms with Crippen molar-refractivity contribution in [3.8, 4) is 5.75 Å². The predicted octanol–water partition coefficient (Wildman–Crippen LogP) is 3.54. The number of benzene rings is 2. The Labute approximate surface area is 112 Å². The van der Waals surface area contributed by atoms with E-state index in [-0.39, 0.29) is 0 Å². The Morgan fingerprint density at radius 2 is 2.06 bits per heavy atom. The predicted molar refractivity (Wildman–Crippen MR) is 76.2 cm³/mol. The van der Waals surface area contributed by atoms with Crippen molar-refractivity contribution in [1.82, 2.24) is 0 Å². The number of hydrogen-bond donors (Lipinski definition) is 2. The normalized spacial score (nSPS) is 10.1. The Kier molecular flexibility index (Phi) is 3.95. The summed E-state index contributed by atoms with van der Waals surface area (Å²) in [4.78, 5) is 0. The highest BCUT2D eigenvalue weighted by atomic mass is 35.5. The minimum atomic E-state index is 0.619. The first-order chi connectivity index (χ1) is 8.69. The van der Waals surface area contributed by atoms with Gasteiger partial charge in [-0.1, -0.05) is 23.7 Å². The Morgan fingerprint density at radius 1 is 1.22 bits per heavy atom. The van der Waals surface area contributed by atoms with Gasteiger partial charge in [0.2, 0.25) is 0 Å². The molecule has 2 aromatic rings. The topological polar surface area (TPSA) is 47.3 Å². The lowest BCUT2D eigenvalue weighted by molar-refractivity contribution is 0.417. The Hall–Kier alpha value is -1.87. The van der Waals surface area contributed by atoms with Gasteiger partial charge in [-0.2, -0.15) is 0 Å². The highest BCUT2D eigenvalue weighted by Crippen LogP contribution is 2.24. The lowest BCUT2D eigenvalue weighted by Crippen LogP contribution is -2.00. The molecule has 18 heavy (non-hydrogen) atoms. The van der Waals surface area contributed by atoms with Crippen LogP contribution < -0.4 is 15.8 Å². The lowest BCUT2D eigenvalue weighted by Gasteiger charge is -2.10. The molecule has 2 aromatic carbocycles. The zero-order chi connectivity index (χ0) is 13.0. The van der Waals surface area contributed by atoms with Crippen LogP contribution in [-0.2, 0) is 6.54 Å². The van der Waals surface area contributed by atoms with Gasteiger partial charge in [0.25, 0.3) is 0 Å². The van der Waals surface area contributed by atoms with Crippen molar-refractivity contribution in [1.29, 1.82) is 0 Å². The summed E-state index contributed by atoms with van der Waals surface area (Å²) in [5, 5.41) is 4.03. The molecule has 0 radical (unpaired) electrons. The molecule has 0 aliphatic heterocycles. The molecular weight excluding hydrogens is 248 g/mol. The number of rotatable bonds is 4. The van der Waals surface area contributed by atoms with E-state index in [0.29, 0.717) is 18.0 Å². The van der Waals surface area contributed by atoms with E-state index in [1.165, 1.54) is 0 Å². The average Bonchev–Trinajstić information content (AvgIpc) is 2.37. The zero-order valence-electron chi connectivity index (χ0n) is 10.1. The molecule has 0 amide bonds. The van der Waals surface area contributed by atoms with Crippen molar-refractivity contribution < 1.29 is 4.74 Å². The highest BCUT2D eigenvalue weighted by molar-refractivity contribution is 6.30. The van der Waals surface area contributed by atoms with Crippen LogP contribution in [0.15, 0.2) is 42.5 Å². The van der Waals surface area contributed by atoms with Crippen LogP contribution in [0.2, 0.25) is 5.02 Å². The van der Waals surface area contributed by atoms with Gasteiger partial charge in [-0.25, -0.2) is 0 Å². The summed E-state index contributed by atoms with van der Waals surface area (Å²) in [6.07, 6.45) is 0. The molecule has 0 aliphatic carbocycles. The fourth-order valence-electron chi connectivity index (χ4n) is 1.70. The maximum atomic E-state index is 5.93. The molecule has 0 spiro atoms. The second-order valence-corrected chi connectivity index (χ2v) is 4.38. The number of nitrogens with two attached hydrogens (primary N) is 1. The van der Waals surface area contributed by atoms with Crippen LogP contribution in [0.4, 0.5) is 11.4 Å². The summed E-state index contributed by atoms with van der Waals surface area (Å²) in [5.74, 6) is 0.684. The maximum Gasteiger partial charge on any atom is 0.141 e. The largest absolute Gasteiger partial charge is 0.495 e. The van der Waals surface area contributed by atoms with E-state index in [0.717, 1.165) is 16.3 Å². The SMILES string of the molecule is COc1ccc(NCc2cccc(Cl)c2)cc1N. The van der Waals surface area contributed by atoms with Gasteiger partial charge in [-0.3, -0.25) is 0 Å². The minimum absolute atomic E-state index is 0.619. The van der Waals surface area contributed by atoms with Crippen molar-refractivity contribution in [2.45, 2.75) is 6.54 Å². The first-order valence-corrected chi connectivity index (χ1v) is 5.98. The summed E-state index contributed by atoms with van der Waals surface area (Å²) in [6.45, 7) is 0.701. The molecule has 0 bridgehead atoms. The zero-order valence-corrected chi connectivity index (χ0v) is 10.9. The van der Waals surface area contributed by atoms with E-state index in [9.17, 15) is 0 Å². The number of halogens is 1. The van der Waals surface area contributed by atoms with Crippen molar-refractivity contribution in [2.75, 3.05) is 18.2 Å². The van der Waals surface area contributed by atoms with E-state index in [2.05, 4.69) is 5.32 Å². The van der Waals surface area contributed by atoms with E-state index in [1.807, 2.05) is 42.5 Å². The first-order valence-electron chi connectivity index (χ1n) is 5.61. The van der Waals surface area contributed by atoms with Gasteiger partial charge in [0.1, 0.15) is 5.75 Å². The summed E-state index contributed by atoms with van der Waals surface area (Å²) >= 11 is 5.93. The Bertz CT molecular complexity index is 543. The van der Waals surface area contributed by atoms with Crippen molar-refractivity contribution >= 4 is 23.0 Å². The van der Waals surface area contributed by atoms with E-state index >= 15 is 0 Å². The molecule has 0 fully saturated rings. The van der Waals surface area contributed by atoms with Crippen LogP contribution in [0.25, 0.3) is 0 Å². The van der Waals surface area contributed by atoms with Crippen molar-refractivity contribution in [2.24, 2.45) is 0 Å². The van der Waals surface area contributed by atoms with Gasteiger partial charge < -0.3 is 15.8 Å². The molecule has 3 nitrogen and oxygen atoms in total. The fourth-order valence-corrected chi connectivity index (χ4v) is 1.91. The molecule has 0 saturated heterocycles. The Balaban J connectivity index is 2.04. The molecule has 0 heterocycles. The van der Waals surface area contributed by atoms with Gasteiger partial charge in [0.05, 0.1) is 12.8 Å². The average molecular weight is 263 g/mol. The molecule has 0 saturated carbocycles. The number of methoxy groups -OCH3 is 1.